The van der Waals surface area contributed by atoms with Gasteiger partial charge in [-0.25, -0.2) is 0 Å². The Bertz CT molecular complexity index is 415. The third-order valence-electron chi connectivity index (χ3n) is 4.08. The molecule has 1 N–H and O–H groups in total. The van der Waals surface area contributed by atoms with Crippen LogP contribution in [0.4, 0.5) is 0 Å². The lowest BCUT2D eigenvalue weighted by atomic mass is 9.98. The molecule has 0 saturated carbocycles. The van der Waals surface area contributed by atoms with Crippen molar-refractivity contribution >= 4 is 11.6 Å². The molecular formula is C17H26ClNO. The summed E-state index contributed by atoms with van der Waals surface area (Å²) >= 11 is 6.12. The molecule has 2 rings (SSSR count). The third-order valence-corrected chi connectivity index (χ3v) is 4.50. The molecule has 1 aliphatic rings. The molecule has 0 aromatic heterocycles. The van der Waals surface area contributed by atoms with E-state index in [1.54, 1.807) is 0 Å². The largest absolute Gasteiger partial charge is 0.378 e. The van der Waals surface area contributed by atoms with E-state index in [0.717, 1.165) is 30.2 Å². The highest BCUT2D eigenvalue weighted by atomic mass is 35.5. The molecule has 1 aromatic carbocycles. The van der Waals surface area contributed by atoms with Gasteiger partial charge in [-0.1, -0.05) is 30.7 Å². The molecule has 0 bridgehead atoms. The lowest BCUT2D eigenvalue weighted by Crippen LogP contribution is -2.21. The van der Waals surface area contributed by atoms with E-state index in [4.69, 9.17) is 16.3 Å². The molecule has 20 heavy (non-hydrogen) atoms. The zero-order valence-corrected chi connectivity index (χ0v) is 13.4. The fourth-order valence-corrected chi connectivity index (χ4v) is 3.06. The van der Waals surface area contributed by atoms with Crippen LogP contribution in [0.2, 0.25) is 5.02 Å². The fourth-order valence-electron chi connectivity index (χ4n) is 2.94. The molecular weight excluding hydrogens is 270 g/mol. The predicted octanol–water partition coefficient (Wildman–Crippen LogP) is 4.65. The van der Waals surface area contributed by atoms with Gasteiger partial charge < -0.3 is 10.1 Å². The first-order chi connectivity index (χ1) is 9.70. The first-order valence-corrected chi connectivity index (χ1v) is 8.19. The van der Waals surface area contributed by atoms with Gasteiger partial charge in [0.05, 0.1) is 6.10 Å². The zero-order valence-electron chi connectivity index (χ0n) is 12.6. The van der Waals surface area contributed by atoms with Gasteiger partial charge >= 0.3 is 0 Å². The van der Waals surface area contributed by atoms with Crippen LogP contribution in [-0.4, -0.2) is 19.3 Å². The second kappa shape index (κ2) is 8.02. The van der Waals surface area contributed by atoms with Gasteiger partial charge in [0, 0.05) is 17.7 Å². The first kappa shape index (κ1) is 15.8. The molecule has 1 aromatic rings. The van der Waals surface area contributed by atoms with Crippen LogP contribution in [0.1, 0.15) is 56.2 Å². The Morgan fingerprint density at radius 3 is 2.95 bits per heavy atom. The van der Waals surface area contributed by atoms with Gasteiger partial charge in [-0.3, -0.25) is 0 Å². The number of rotatable bonds is 7. The van der Waals surface area contributed by atoms with Gasteiger partial charge in [-0.2, -0.15) is 0 Å². The first-order valence-electron chi connectivity index (χ1n) is 7.81. The van der Waals surface area contributed by atoms with E-state index >= 15 is 0 Å². The highest BCUT2D eigenvalue weighted by Crippen LogP contribution is 2.26. The van der Waals surface area contributed by atoms with E-state index < -0.39 is 0 Å². The molecule has 3 heteroatoms. The van der Waals surface area contributed by atoms with Crippen LogP contribution in [0.25, 0.3) is 0 Å². The van der Waals surface area contributed by atoms with Crippen molar-refractivity contribution in [3.63, 3.8) is 0 Å². The van der Waals surface area contributed by atoms with Gasteiger partial charge in [0.15, 0.2) is 0 Å². The van der Waals surface area contributed by atoms with Gasteiger partial charge in [-0.05, 0) is 62.8 Å². The Morgan fingerprint density at radius 2 is 2.30 bits per heavy atom. The van der Waals surface area contributed by atoms with E-state index in [0.29, 0.717) is 12.1 Å². The molecule has 1 saturated heterocycles. The summed E-state index contributed by atoms with van der Waals surface area (Å²) in [6, 6.07) is 6.80. The molecule has 0 aliphatic carbocycles. The maximum absolute atomic E-state index is 6.12. The molecule has 0 amide bonds. The van der Waals surface area contributed by atoms with E-state index in [1.165, 1.54) is 31.2 Å². The molecule has 2 unspecified atom stereocenters. The van der Waals surface area contributed by atoms with Gasteiger partial charge in [0.25, 0.3) is 0 Å². The van der Waals surface area contributed by atoms with E-state index in [1.807, 2.05) is 6.07 Å². The van der Waals surface area contributed by atoms with Crippen molar-refractivity contribution in [2.45, 2.75) is 58.1 Å². The summed E-state index contributed by atoms with van der Waals surface area (Å²) in [6.07, 6.45) is 6.54. The summed E-state index contributed by atoms with van der Waals surface area (Å²) in [7, 11) is 0. The summed E-state index contributed by atoms with van der Waals surface area (Å²) in [5.74, 6) is 0. The highest BCUT2D eigenvalue weighted by molar-refractivity contribution is 6.31. The fraction of sp³-hybridized carbons (Fsp3) is 0.647. The van der Waals surface area contributed by atoms with Crippen LogP contribution < -0.4 is 5.32 Å². The molecule has 0 radical (unpaired) electrons. The molecule has 0 spiro atoms. The molecule has 2 atom stereocenters. The Hall–Kier alpha value is -0.570. The predicted molar refractivity (Wildman–Crippen MR) is 85.4 cm³/mol. The zero-order chi connectivity index (χ0) is 14.4. The SMILES string of the molecule is CCNC(CCCC1CCCO1)c1ccc(Cl)c(C)c1. The van der Waals surface area contributed by atoms with Crippen molar-refractivity contribution in [2.75, 3.05) is 13.2 Å². The Morgan fingerprint density at radius 1 is 1.45 bits per heavy atom. The number of aryl methyl sites for hydroxylation is 1. The minimum Gasteiger partial charge on any atom is -0.378 e. The Labute approximate surface area is 127 Å². The molecule has 112 valence electrons. The lowest BCUT2D eigenvalue weighted by molar-refractivity contribution is 0.101. The number of ether oxygens (including phenoxy) is 1. The number of nitrogens with one attached hydrogen (secondary N) is 1. The summed E-state index contributed by atoms with van der Waals surface area (Å²) in [5.41, 5.74) is 2.51. The van der Waals surface area contributed by atoms with Crippen LogP contribution in [-0.2, 0) is 4.74 Å². The van der Waals surface area contributed by atoms with Crippen LogP contribution in [0.15, 0.2) is 18.2 Å². The van der Waals surface area contributed by atoms with Crippen molar-refractivity contribution in [3.8, 4) is 0 Å². The number of hydrogen-bond acceptors (Lipinski definition) is 2. The monoisotopic (exact) mass is 295 g/mol. The maximum atomic E-state index is 6.12. The number of halogens is 1. The second-order valence-corrected chi connectivity index (χ2v) is 6.09. The van der Waals surface area contributed by atoms with Gasteiger partial charge in [-0.15, -0.1) is 0 Å². The lowest BCUT2D eigenvalue weighted by Gasteiger charge is -2.20. The van der Waals surface area contributed by atoms with Crippen LogP contribution >= 0.6 is 11.6 Å². The van der Waals surface area contributed by atoms with Crippen LogP contribution in [0, 0.1) is 6.92 Å². The number of benzene rings is 1. The standard InChI is InChI=1S/C17H26ClNO/c1-3-19-17(8-4-6-15-7-5-11-20-15)14-9-10-16(18)13(2)12-14/h9-10,12,15,17,19H,3-8,11H2,1-2H3. The molecule has 1 fully saturated rings. The van der Waals surface area contributed by atoms with Crippen LogP contribution in [0.3, 0.4) is 0 Å². The normalized spacial score (nSPS) is 20.2. The summed E-state index contributed by atoms with van der Waals surface area (Å²) in [4.78, 5) is 0. The minimum absolute atomic E-state index is 0.428. The summed E-state index contributed by atoms with van der Waals surface area (Å²) < 4.78 is 5.70. The molecule has 2 nitrogen and oxygen atoms in total. The van der Waals surface area contributed by atoms with Crippen molar-refractivity contribution in [1.82, 2.24) is 5.32 Å². The van der Waals surface area contributed by atoms with E-state index in [2.05, 4.69) is 31.3 Å². The van der Waals surface area contributed by atoms with Crippen molar-refractivity contribution < 1.29 is 4.74 Å². The maximum Gasteiger partial charge on any atom is 0.0576 e. The topological polar surface area (TPSA) is 21.3 Å². The van der Waals surface area contributed by atoms with Crippen LogP contribution in [0.5, 0.6) is 0 Å². The van der Waals surface area contributed by atoms with Crippen molar-refractivity contribution in [1.29, 1.82) is 0 Å². The number of hydrogen-bond donors (Lipinski definition) is 1. The quantitative estimate of drug-likeness (QED) is 0.790. The average Bonchev–Trinajstić information content (AvgIpc) is 2.94. The minimum atomic E-state index is 0.428. The highest BCUT2D eigenvalue weighted by Gasteiger charge is 2.17. The summed E-state index contributed by atoms with van der Waals surface area (Å²) in [6.45, 7) is 6.18. The summed E-state index contributed by atoms with van der Waals surface area (Å²) in [5, 5.41) is 4.44. The van der Waals surface area contributed by atoms with Gasteiger partial charge in [0.1, 0.15) is 0 Å². The van der Waals surface area contributed by atoms with Crippen molar-refractivity contribution in [2.24, 2.45) is 0 Å². The molecule has 1 heterocycles. The van der Waals surface area contributed by atoms with E-state index in [-0.39, 0.29) is 0 Å². The third kappa shape index (κ3) is 4.47. The Kier molecular flexibility index (Phi) is 6.34. The molecule has 1 aliphatic heterocycles. The smallest absolute Gasteiger partial charge is 0.0576 e. The average molecular weight is 296 g/mol. The van der Waals surface area contributed by atoms with Crippen molar-refractivity contribution in [3.05, 3.63) is 34.3 Å². The second-order valence-electron chi connectivity index (χ2n) is 5.68. The Balaban J connectivity index is 1.89. The van der Waals surface area contributed by atoms with Gasteiger partial charge in [0.2, 0.25) is 0 Å². The van der Waals surface area contributed by atoms with E-state index in [9.17, 15) is 0 Å².